The summed E-state index contributed by atoms with van der Waals surface area (Å²) in [5, 5.41) is 0. The molecule has 3 rings (SSSR count). The molecule has 6 nitrogen and oxygen atoms in total. The van der Waals surface area contributed by atoms with E-state index in [1.54, 1.807) is 6.20 Å². The number of nitrogens with zero attached hydrogens (tertiary/aromatic N) is 4. The van der Waals surface area contributed by atoms with Crippen LogP contribution in [0.5, 0.6) is 0 Å². The lowest BCUT2D eigenvalue weighted by molar-refractivity contribution is -0.134. The fraction of sp³-hybridized carbons (Fsp3) is 0.611. The number of pyridine rings is 1. The zero-order chi connectivity index (χ0) is 16.8. The van der Waals surface area contributed by atoms with E-state index in [1.807, 2.05) is 22.1 Å². The molecule has 0 radical (unpaired) electrons. The van der Waals surface area contributed by atoms with Gasteiger partial charge in [0.15, 0.2) is 0 Å². The van der Waals surface area contributed by atoms with E-state index >= 15 is 0 Å². The van der Waals surface area contributed by atoms with E-state index in [0.717, 1.165) is 57.7 Å². The predicted molar refractivity (Wildman–Crippen MR) is 92.7 cm³/mol. The van der Waals surface area contributed by atoms with Crippen molar-refractivity contribution in [2.24, 2.45) is 0 Å². The van der Waals surface area contributed by atoms with E-state index in [1.165, 1.54) is 0 Å². The second-order valence-corrected chi connectivity index (χ2v) is 6.52. The Hall–Kier alpha value is -2.11. The van der Waals surface area contributed by atoms with Crippen molar-refractivity contribution in [3.63, 3.8) is 0 Å². The van der Waals surface area contributed by atoms with Crippen molar-refractivity contribution >= 4 is 17.5 Å². The molecule has 0 aliphatic carbocycles. The highest BCUT2D eigenvalue weighted by atomic mass is 16.2. The summed E-state index contributed by atoms with van der Waals surface area (Å²) in [4.78, 5) is 34.6. The summed E-state index contributed by atoms with van der Waals surface area (Å²) in [6.07, 6.45) is 7.88. The Labute approximate surface area is 143 Å². The number of hydrogen-bond donors (Lipinski definition) is 0. The summed E-state index contributed by atoms with van der Waals surface area (Å²) >= 11 is 0. The van der Waals surface area contributed by atoms with Crippen LogP contribution >= 0.6 is 0 Å². The zero-order valence-electron chi connectivity index (χ0n) is 14.2. The van der Waals surface area contributed by atoms with Crippen molar-refractivity contribution in [3.8, 4) is 0 Å². The minimum absolute atomic E-state index is 0.165. The van der Waals surface area contributed by atoms with Crippen LogP contribution in [0.1, 0.15) is 32.1 Å². The van der Waals surface area contributed by atoms with Crippen LogP contribution in [0.15, 0.2) is 24.5 Å². The maximum Gasteiger partial charge on any atom is 0.224 e. The van der Waals surface area contributed by atoms with Gasteiger partial charge in [-0.2, -0.15) is 0 Å². The van der Waals surface area contributed by atoms with E-state index < -0.39 is 0 Å². The Morgan fingerprint density at radius 3 is 2.67 bits per heavy atom. The molecule has 0 atom stereocenters. The standard InChI is InChI=1S/C18H26N4O2/c23-17-6-2-1-3-9-21(17)10-7-18(24)22-13-11-20(12-14-22)16-5-4-8-19-15-16/h4-5,8,15H,1-3,6-7,9-14H2. The fourth-order valence-electron chi connectivity index (χ4n) is 3.42. The molecule has 2 saturated heterocycles. The molecule has 0 N–H and O–H groups in total. The molecule has 2 aliphatic heterocycles. The van der Waals surface area contributed by atoms with Gasteiger partial charge < -0.3 is 14.7 Å². The van der Waals surface area contributed by atoms with Gasteiger partial charge >= 0.3 is 0 Å². The van der Waals surface area contributed by atoms with Crippen LogP contribution in [-0.2, 0) is 9.59 Å². The molecule has 0 aromatic carbocycles. The second kappa shape index (κ2) is 8.13. The quantitative estimate of drug-likeness (QED) is 0.840. The van der Waals surface area contributed by atoms with Crippen molar-refractivity contribution in [3.05, 3.63) is 24.5 Å². The normalized spacial score (nSPS) is 19.3. The van der Waals surface area contributed by atoms with Gasteiger partial charge in [0.1, 0.15) is 0 Å². The summed E-state index contributed by atoms with van der Waals surface area (Å²) < 4.78 is 0. The number of likely N-dealkylation sites (tertiary alicyclic amines) is 1. The van der Waals surface area contributed by atoms with Gasteiger partial charge in [-0.1, -0.05) is 6.42 Å². The monoisotopic (exact) mass is 330 g/mol. The number of aromatic nitrogens is 1. The third-order valence-corrected chi connectivity index (χ3v) is 4.91. The third kappa shape index (κ3) is 4.24. The molecule has 6 heteroatoms. The molecule has 24 heavy (non-hydrogen) atoms. The predicted octanol–water partition coefficient (Wildman–Crippen LogP) is 1.52. The number of hydrogen-bond acceptors (Lipinski definition) is 4. The molecule has 0 unspecified atom stereocenters. The van der Waals surface area contributed by atoms with E-state index in [-0.39, 0.29) is 11.8 Å². The lowest BCUT2D eigenvalue weighted by atomic mass is 10.2. The number of rotatable bonds is 4. The lowest BCUT2D eigenvalue weighted by Crippen LogP contribution is -2.49. The van der Waals surface area contributed by atoms with E-state index in [9.17, 15) is 9.59 Å². The molecular formula is C18H26N4O2. The highest BCUT2D eigenvalue weighted by molar-refractivity contribution is 5.79. The van der Waals surface area contributed by atoms with Gasteiger partial charge in [0.25, 0.3) is 0 Å². The summed E-state index contributed by atoms with van der Waals surface area (Å²) in [6, 6.07) is 3.99. The third-order valence-electron chi connectivity index (χ3n) is 4.91. The van der Waals surface area contributed by atoms with Crippen LogP contribution in [-0.4, -0.2) is 65.9 Å². The Bertz CT molecular complexity index is 555. The zero-order valence-corrected chi connectivity index (χ0v) is 14.2. The average Bonchev–Trinajstić information content (AvgIpc) is 2.85. The van der Waals surface area contributed by atoms with Gasteiger partial charge in [0.2, 0.25) is 11.8 Å². The SMILES string of the molecule is O=C1CCCCCN1CCC(=O)N1CCN(c2cccnc2)CC1. The number of anilines is 1. The molecular weight excluding hydrogens is 304 g/mol. The molecule has 1 aromatic heterocycles. The van der Waals surface area contributed by atoms with E-state index in [2.05, 4.69) is 16.0 Å². The van der Waals surface area contributed by atoms with Gasteiger partial charge in [-0.3, -0.25) is 14.6 Å². The highest BCUT2D eigenvalue weighted by Gasteiger charge is 2.23. The largest absolute Gasteiger partial charge is 0.367 e. The Morgan fingerprint density at radius 1 is 1.08 bits per heavy atom. The molecule has 2 aliphatic rings. The van der Waals surface area contributed by atoms with Crippen molar-refractivity contribution in [2.45, 2.75) is 32.1 Å². The van der Waals surface area contributed by atoms with Gasteiger partial charge in [-0.05, 0) is 25.0 Å². The molecule has 0 saturated carbocycles. The first-order valence-electron chi connectivity index (χ1n) is 8.94. The number of piperazine rings is 1. The Morgan fingerprint density at radius 2 is 1.92 bits per heavy atom. The van der Waals surface area contributed by atoms with Gasteiger partial charge in [-0.25, -0.2) is 0 Å². The molecule has 0 spiro atoms. The minimum atomic E-state index is 0.165. The number of carbonyl (C=O) groups excluding carboxylic acids is 2. The van der Waals surface area contributed by atoms with Crippen molar-refractivity contribution in [1.82, 2.24) is 14.8 Å². The number of carbonyl (C=O) groups is 2. The van der Waals surface area contributed by atoms with Gasteiger partial charge in [-0.15, -0.1) is 0 Å². The molecule has 130 valence electrons. The minimum Gasteiger partial charge on any atom is -0.367 e. The first kappa shape index (κ1) is 16.7. The molecule has 3 heterocycles. The van der Waals surface area contributed by atoms with Crippen LogP contribution < -0.4 is 4.90 Å². The second-order valence-electron chi connectivity index (χ2n) is 6.52. The van der Waals surface area contributed by atoms with E-state index in [4.69, 9.17) is 0 Å². The van der Waals surface area contributed by atoms with Gasteiger partial charge in [0.05, 0.1) is 11.9 Å². The Kier molecular flexibility index (Phi) is 5.67. The summed E-state index contributed by atoms with van der Waals surface area (Å²) in [5.74, 6) is 0.375. The first-order chi connectivity index (χ1) is 11.7. The molecule has 2 amide bonds. The van der Waals surface area contributed by atoms with Crippen molar-refractivity contribution in [1.29, 1.82) is 0 Å². The van der Waals surface area contributed by atoms with Crippen molar-refractivity contribution in [2.75, 3.05) is 44.2 Å². The van der Waals surface area contributed by atoms with Crippen molar-refractivity contribution < 1.29 is 9.59 Å². The molecule has 1 aromatic rings. The highest BCUT2D eigenvalue weighted by Crippen LogP contribution is 2.15. The number of amides is 2. The summed E-state index contributed by atoms with van der Waals surface area (Å²) in [5.41, 5.74) is 1.11. The van der Waals surface area contributed by atoms with Crippen LogP contribution in [0.2, 0.25) is 0 Å². The fourth-order valence-corrected chi connectivity index (χ4v) is 3.42. The maximum atomic E-state index is 12.4. The summed E-state index contributed by atoms with van der Waals surface area (Å²) in [6.45, 7) is 4.52. The van der Waals surface area contributed by atoms with E-state index in [0.29, 0.717) is 19.4 Å². The van der Waals surface area contributed by atoms with Crippen LogP contribution in [0.3, 0.4) is 0 Å². The first-order valence-corrected chi connectivity index (χ1v) is 8.94. The lowest BCUT2D eigenvalue weighted by Gasteiger charge is -2.36. The topological polar surface area (TPSA) is 56.8 Å². The molecule has 0 bridgehead atoms. The smallest absolute Gasteiger partial charge is 0.224 e. The van der Waals surface area contributed by atoms with Crippen LogP contribution in [0.4, 0.5) is 5.69 Å². The van der Waals surface area contributed by atoms with Crippen LogP contribution in [0.25, 0.3) is 0 Å². The Balaban J connectivity index is 1.44. The average molecular weight is 330 g/mol. The molecule has 2 fully saturated rings. The van der Waals surface area contributed by atoms with Crippen LogP contribution in [0, 0.1) is 0 Å². The maximum absolute atomic E-state index is 12.4. The summed E-state index contributed by atoms with van der Waals surface area (Å²) in [7, 11) is 0. The van der Waals surface area contributed by atoms with Gasteiger partial charge in [0, 0.05) is 58.3 Å².